The molecule has 0 aliphatic carbocycles. The third-order valence-electron chi connectivity index (χ3n) is 2.69. The van der Waals surface area contributed by atoms with Crippen molar-refractivity contribution in [3.05, 3.63) is 41.3 Å². The summed E-state index contributed by atoms with van der Waals surface area (Å²) in [6, 6.07) is 7.83. The van der Waals surface area contributed by atoms with Gasteiger partial charge in [0.2, 0.25) is 5.75 Å². The first-order valence-electron chi connectivity index (χ1n) is 5.94. The Morgan fingerprint density at radius 3 is 2.37 bits per heavy atom. The quantitative estimate of drug-likeness (QED) is 0.791. The highest BCUT2D eigenvalue weighted by Crippen LogP contribution is 2.33. The van der Waals surface area contributed by atoms with Crippen molar-refractivity contribution in [1.82, 2.24) is 9.97 Å². The van der Waals surface area contributed by atoms with Crippen LogP contribution in [0, 0.1) is 0 Å². The lowest BCUT2D eigenvalue weighted by Gasteiger charge is -2.10. The standard InChI is InChI=1S/C14H15ClN2O2/c1-9(2)10-4-6-11(7-5-10)19-14-12(18-3)13(15)16-8-17-14/h4-9H,1-3H3. The number of methoxy groups -OCH3 is 1. The predicted molar refractivity (Wildman–Crippen MR) is 74.2 cm³/mol. The fourth-order valence-electron chi connectivity index (χ4n) is 1.61. The van der Waals surface area contributed by atoms with Crippen molar-refractivity contribution in [2.24, 2.45) is 0 Å². The van der Waals surface area contributed by atoms with Gasteiger partial charge in [0.15, 0.2) is 5.15 Å². The molecule has 1 aromatic heterocycles. The van der Waals surface area contributed by atoms with Crippen LogP contribution in [-0.4, -0.2) is 17.1 Å². The van der Waals surface area contributed by atoms with Gasteiger partial charge in [-0.25, -0.2) is 4.98 Å². The molecule has 4 nitrogen and oxygen atoms in total. The minimum absolute atomic E-state index is 0.228. The summed E-state index contributed by atoms with van der Waals surface area (Å²) in [5.74, 6) is 1.80. The highest BCUT2D eigenvalue weighted by atomic mass is 35.5. The van der Waals surface area contributed by atoms with E-state index in [1.807, 2.05) is 24.3 Å². The first-order chi connectivity index (χ1) is 9.11. The monoisotopic (exact) mass is 278 g/mol. The molecule has 0 saturated heterocycles. The van der Waals surface area contributed by atoms with Crippen LogP contribution in [0.5, 0.6) is 17.4 Å². The number of ether oxygens (including phenoxy) is 2. The number of rotatable bonds is 4. The first kappa shape index (κ1) is 13.6. The predicted octanol–water partition coefficient (Wildman–Crippen LogP) is 4.05. The summed E-state index contributed by atoms with van der Waals surface area (Å²) in [7, 11) is 1.50. The summed E-state index contributed by atoms with van der Waals surface area (Å²) in [6.07, 6.45) is 1.34. The third kappa shape index (κ3) is 3.15. The van der Waals surface area contributed by atoms with Gasteiger partial charge in [0.05, 0.1) is 7.11 Å². The Kier molecular flexibility index (Phi) is 4.22. The molecule has 0 fully saturated rings. The minimum atomic E-state index is 0.228. The maximum absolute atomic E-state index is 5.91. The molecule has 19 heavy (non-hydrogen) atoms. The summed E-state index contributed by atoms with van der Waals surface area (Å²) in [4.78, 5) is 7.86. The van der Waals surface area contributed by atoms with Gasteiger partial charge >= 0.3 is 0 Å². The second-order valence-electron chi connectivity index (χ2n) is 4.33. The molecule has 5 heteroatoms. The van der Waals surface area contributed by atoms with Gasteiger partial charge in [-0.2, -0.15) is 4.98 Å². The molecule has 0 aliphatic heterocycles. The van der Waals surface area contributed by atoms with Crippen LogP contribution in [0.15, 0.2) is 30.6 Å². The lowest BCUT2D eigenvalue weighted by Crippen LogP contribution is -1.96. The largest absolute Gasteiger partial charge is 0.489 e. The van der Waals surface area contributed by atoms with Gasteiger partial charge in [-0.05, 0) is 23.6 Å². The fraction of sp³-hybridized carbons (Fsp3) is 0.286. The summed E-state index contributed by atoms with van der Waals surface area (Å²) < 4.78 is 10.8. The topological polar surface area (TPSA) is 44.2 Å². The summed E-state index contributed by atoms with van der Waals surface area (Å²) in [5.41, 5.74) is 1.25. The molecule has 0 radical (unpaired) electrons. The molecule has 0 unspecified atom stereocenters. The van der Waals surface area contributed by atoms with E-state index < -0.39 is 0 Å². The third-order valence-corrected chi connectivity index (χ3v) is 2.96. The maximum atomic E-state index is 5.91. The zero-order valence-corrected chi connectivity index (χ0v) is 11.8. The van der Waals surface area contributed by atoms with Crippen molar-refractivity contribution in [3.8, 4) is 17.4 Å². The normalized spacial score (nSPS) is 10.6. The van der Waals surface area contributed by atoms with Gasteiger partial charge in [0.25, 0.3) is 5.88 Å². The van der Waals surface area contributed by atoms with Gasteiger partial charge < -0.3 is 9.47 Å². The van der Waals surface area contributed by atoms with E-state index in [-0.39, 0.29) is 5.15 Å². The fourth-order valence-corrected chi connectivity index (χ4v) is 1.82. The van der Waals surface area contributed by atoms with E-state index in [9.17, 15) is 0 Å². The molecule has 2 rings (SSSR count). The van der Waals surface area contributed by atoms with E-state index >= 15 is 0 Å². The molecular formula is C14H15ClN2O2. The lowest BCUT2D eigenvalue weighted by molar-refractivity contribution is 0.367. The molecule has 0 atom stereocenters. The van der Waals surface area contributed by atoms with Gasteiger partial charge in [-0.3, -0.25) is 0 Å². The van der Waals surface area contributed by atoms with E-state index in [0.717, 1.165) is 0 Å². The van der Waals surface area contributed by atoms with E-state index in [2.05, 4.69) is 23.8 Å². The number of nitrogens with zero attached hydrogens (tertiary/aromatic N) is 2. The molecule has 0 bridgehead atoms. The molecule has 0 spiro atoms. The van der Waals surface area contributed by atoms with Crippen LogP contribution in [0.3, 0.4) is 0 Å². The number of halogens is 1. The minimum Gasteiger partial charge on any atom is -0.489 e. The molecule has 100 valence electrons. The molecule has 2 aromatic rings. The van der Waals surface area contributed by atoms with Crippen LogP contribution >= 0.6 is 11.6 Å². The first-order valence-corrected chi connectivity index (χ1v) is 6.32. The molecule has 0 amide bonds. The van der Waals surface area contributed by atoms with Gasteiger partial charge in [-0.1, -0.05) is 37.6 Å². The number of aromatic nitrogens is 2. The molecule has 0 N–H and O–H groups in total. The van der Waals surface area contributed by atoms with Crippen LogP contribution in [-0.2, 0) is 0 Å². The summed E-state index contributed by atoms with van der Waals surface area (Å²) >= 11 is 5.91. The molecular weight excluding hydrogens is 264 g/mol. The Labute approximate surface area is 117 Å². The van der Waals surface area contributed by atoms with E-state index in [1.165, 1.54) is 19.0 Å². The zero-order valence-electron chi connectivity index (χ0n) is 11.1. The number of hydrogen-bond donors (Lipinski definition) is 0. The van der Waals surface area contributed by atoms with Crippen LogP contribution in [0.1, 0.15) is 25.3 Å². The molecule has 0 aliphatic rings. The highest BCUT2D eigenvalue weighted by Gasteiger charge is 2.12. The van der Waals surface area contributed by atoms with Crippen LogP contribution < -0.4 is 9.47 Å². The van der Waals surface area contributed by atoms with Crippen molar-refractivity contribution in [1.29, 1.82) is 0 Å². The molecule has 0 saturated carbocycles. The van der Waals surface area contributed by atoms with Crippen molar-refractivity contribution < 1.29 is 9.47 Å². The van der Waals surface area contributed by atoms with Crippen LogP contribution in [0.2, 0.25) is 5.15 Å². The average Bonchev–Trinajstić information content (AvgIpc) is 2.39. The van der Waals surface area contributed by atoms with Crippen molar-refractivity contribution >= 4 is 11.6 Å². The van der Waals surface area contributed by atoms with Crippen molar-refractivity contribution in [3.63, 3.8) is 0 Å². The highest BCUT2D eigenvalue weighted by molar-refractivity contribution is 6.31. The lowest BCUT2D eigenvalue weighted by atomic mass is 10.0. The summed E-state index contributed by atoms with van der Waals surface area (Å²) in [6.45, 7) is 4.28. The van der Waals surface area contributed by atoms with Crippen LogP contribution in [0.25, 0.3) is 0 Å². The SMILES string of the molecule is COc1c(Cl)ncnc1Oc1ccc(C(C)C)cc1. The van der Waals surface area contributed by atoms with Gasteiger partial charge in [-0.15, -0.1) is 0 Å². The number of hydrogen-bond acceptors (Lipinski definition) is 4. The Hall–Kier alpha value is -1.81. The Morgan fingerprint density at radius 1 is 1.11 bits per heavy atom. The van der Waals surface area contributed by atoms with E-state index in [4.69, 9.17) is 21.1 Å². The van der Waals surface area contributed by atoms with Gasteiger partial charge in [0, 0.05) is 0 Å². The molecule has 1 heterocycles. The number of benzene rings is 1. The zero-order chi connectivity index (χ0) is 13.8. The van der Waals surface area contributed by atoms with Gasteiger partial charge in [0.1, 0.15) is 12.1 Å². The van der Waals surface area contributed by atoms with E-state index in [1.54, 1.807) is 0 Å². The Morgan fingerprint density at radius 2 is 1.79 bits per heavy atom. The average molecular weight is 279 g/mol. The Bertz CT molecular complexity index is 556. The summed E-state index contributed by atoms with van der Waals surface area (Å²) in [5, 5.41) is 0.228. The second-order valence-corrected chi connectivity index (χ2v) is 4.69. The van der Waals surface area contributed by atoms with Crippen molar-refractivity contribution in [2.75, 3.05) is 7.11 Å². The second kappa shape index (κ2) is 5.89. The smallest absolute Gasteiger partial charge is 0.267 e. The maximum Gasteiger partial charge on any atom is 0.267 e. The van der Waals surface area contributed by atoms with Crippen molar-refractivity contribution in [2.45, 2.75) is 19.8 Å². The van der Waals surface area contributed by atoms with E-state index in [0.29, 0.717) is 23.3 Å². The molecule has 1 aromatic carbocycles. The van der Waals surface area contributed by atoms with Crippen LogP contribution in [0.4, 0.5) is 0 Å². The Balaban J connectivity index is 2.24.